The summed E-state index contributed by atoms with van der Waals surface area (Å²) in [7, 11) is 1.55. The van der Waals surface area contributed by atoms with Crippen LogP contribution in [0.3, 0.4) is 0 Å². The van der Waals surface area contributed by atoms with E-state index in [0.717, 1.165) is 10.4 Å². The second kappa shape index (κ2) is 8.30. The van der Waals surface area contributed by atoms with Crippen LogP contribution in [-0.2, 0) is 6.42 Å². The number of carbonyl (C=O) groups is 2. The van der Waals surface area contributed by atoms with Gasteiger partial charge in [-0.15, -0.1) is 11.3 Å². The third kappa shape index (κ3) is 3.99. The summed E-state index contributed by atoms with van der Waals surface area (Å²) in [6.07, 6.45) is 3.72. The van der Waals surface area contributed by atoms with Gasteiger partial charge in [0.1, 0.15) is 5.56 Å². The van der Waals surface area contributed by atoms with Crippen LogP contribution in [0.15, 0.2) is 71.8 Å². The first-order chi connectivity index (χ1) is 14.5. The van der Waals surface area contributed by atoms with E-state index >= 15 is 0 Å². The summed E-state index contributed by atoms with van der Waals surface area (Å²) in [6.45, 7) is 0. The van der Waals surface area contributed by atoms with E-state index in [-0.39, 0.29) is 11.5 Å². The predicted octanol–water partition coefficient (Wildman–Crippen LogP) is 2.96. The molecular formula is C22H18N4O3S. The molecule has 150 valence electrons. The van der Waals surface area contributed by atoms with Crippen LogP contribution in [0.1, 0.15) is 31.2 Å². The molecule has 0 bridgehead atoms. The highest BCUT2D eigenvalue weighted by atomic mass is 32.1. The van der Waals surface area contributed by atoms with Gasteiger partial charge in [-0.1, -0.05) is 30.3 Å². The molecule has 0 fully saturated rings. The zero-order chi connectivity index (χ0) is 21.1. The number of nitrogens with one attached hydrogen (secondary N) is 2. The number of rotatable bonds is 5. The Morgan fingerprint density at radius 1 is 1.03 bits per heavy atom. The minimum Gasteiger partial charge on any atom is -0.355 e. The molecule has 4 aromatic rings. The summed E-state index contributed by atoms with van der Waals surface area (Å²) < 4.78 is 1.41. The number of thiazole rings is 1. The minimum absolute atomic E-state index is 0.0491. The van der Waals surface area contributed by atoms with Gasteiger partial charge >= 0.3 is 0 Å². The molecule has 0 unspecified atom stereocenters. The van der Waals surface area contributed by atoms with Crippen LogP contribution in [0, 0.1) is 0 Å². The predicted molar refractivity (Wildman–Crippen MR) is 116 cm³/mol. The number of aromatic nitrogens is 2. The molecule has 2 aromatic carbocycles. The lowest BCUT2D eigenvalue weighted by Crippen LogP contribution is -2.26. The van der Waals surface area contributed by atoms with Gasteiger partial charge in [-0.2, -0.15) is 0 Å². The third-order valence-electron chi connectivity index (χ3n) is 4.55. The van der Waals surface area contributed by atoms with E-state index in [4.69, 9.17) is 0 Å². The molecule has 2 amide bonds. The van der Waals surface area contributed by atoms with Crippen molar-refractivity contribution in [2.24, 2.45) is 0 Å². The number of benzene rings is 2. The Balaban J connectivity index is 1.56. The van der Waals surface area contributed by atoms with Crippen LogP contribution in [0.5, 0.6) is 0 Å². The van der Waals surface area contributed by atoms with Crippen molar-refractivity contribution in [2.75, 3.05) is 12.4 Å². The molecule has 0 atom stereocenters. The largest absolute Gasteiger partial charge is 0.355 e. The monoisotopic (exact) mass is 418 g/mol. The summed E-state index contributed by atoms with van der Waals surface area (Å²) in [5.41, 5.74) is 1.62. The van der Waals surface area contributed by atoms with E-state index in [9.17, 15) is 14.4 Å². The fraction of sp³-hybridized carbons (Fsp3) is 0.0909. The SMILES string of the molecule is CNC(=O)c1ccc(NC(=O)c2cnc3sc(Cc4ccccc4)cn3c2=O)cc1. The van der Waals surface area contributed by atoms with E-state index < -0.39 is 11.5 Å². The maximum atomic E-state index is 12.8. The molecule has 0 aliphatic carbocycles. The average molecular weight is 418 g/mol. The Hall–Kier alpha value is -3.78. The molecule has 0 aliphatic heterocycles. The van der Waals surface area contributed by atoms with Crippen molar-refractivity contribution in [2.45, 2.75) is 6.42 Å². The zero-order valence-electron chi connectivity index (χ0n) is 16.1. The van der Waals surface area contributed by atoms with E-state index in [1.165, 1.54) is 21.9 Å². The Morgan fingerprint density at radius 2 is 1.77 bits per heavy atom. The third-order valence-corrected chi connectivity index (χ3v) is 5.55. The molecular weight excluding hydrogens is 400 g/mol. The van der Waals surface area contributed by atoms with Gasteiger partial charge in [0.05, 0.1) is 0 Å². The van der Waals surface area contributed by atoms with Crippen molar-refractivity contribution in [1.29, 1.82) is 0 Å². The van der Waals surface area contributed by atoms with Crippen molar-refractivity contribution in [3.05, 3.63) is 98.9 Å². The second-order valence-electron chi connectivity index (χ2n) is 6.60. The van der Waals surface area contributed by atoms with Gasteiger partial charge in [0, 0.05) is 42.0 Å². The fourth-order valence-corrected chi connectivity index (χ4v) is 3.98. The first kappa shape index (κ1) is 19.5. The number of nitrogens with zero attached hydrogens (tertiary/aromatic N) is 2. The number of hydrogen-bond acceptors (Lipinski definition) is 5. The van der Waals surface area contributed by atoms with Crippen LogP contribution >= 0.6 is 11.3 Å². The van der Waals surface area contributed by atoms with E-state index in [1.807, 2.05) is 30.3 Å². The van der Waals surface area contributed by atoms with Crippen LogP contribution in [-0.4, -0.2) is 28.2 Å². The molecule has 8 heteroatoms. The first-order valence-corrected chi connectivity index (χ1v) is 10.0. The highest BCUT2D eigenvalue weighted by Gasteiger charge is 2.16. The topological polar surface area (TPSA) is 92.6 Å². The Bertz CT molecular complexity index is 1280. The molecule has 0 radical (unpaired) electrons. The average Bonchev–Trinajstić information content (AvgIpc) is 3.18. The van der Waals surface area contributed by atoms with Gasteiger partial charge in [0.25, 0.3) is 17.4 Å². The van der Waals surface area contributed by atoms with Crippen molar-refractivity contribution in [3.8, 4) is 0 Å². The maximum Gasteiger partial charge on any atom is 0.271 e. The van der Waals surface area contributed by atoms with Gasteiger partial charge in [-0.05, 0) is 29.8 Å². The number of amides is 2. The van der Waals surface area contributed by atoms with E-state index in [0.29, 0.717) is 22.6 Å². The van der Waals surface area contributed by atoms with Crippen LogP contribution in [0.4, 0.5) is 5.69 Å². The number of carbonyl (C=O) groups excluding carboxylic acids is 2. The fourth-order valence-electron chi connectivity index (χ4n) is 3.01. The van der Waals surface area contributed by atoms with Gasteiger partial charge in [-0.25, -0.2) is 4.98 Å². The quantitative estimate of drug-likeness (QED) is 0.521. The highest BCUT2D eigenvalue weighted by molar-refractivity contribution is 7.17. The molecule has 7 nitrogen and oxygen atoms in total. The second-order valence-corrected chi connectivity index (χ2v) is 7.69. The summed E-state index contributed by atoms with van der Waals surface area (Å²) >= 11 is 1.42. The standard InChI is InChI=1S/C22H18N4O3S/c1-23-19(27)15-7-9-16(10-8-15)25-20(28)18-12-24-22-26(21(18)29)13-17(30-22)11-14-5-3-2-4-6-14/h2-10,12-13H,11H2,1H3,(H,23,27)(H,25,28). The van der Waals surface area contributed by atoms with Crippen LogP contribution < -0.4 is 16.2 Å². The Kier molecular flexibility index (Phi) is 5.40. The molecule has 0 saturated carbocycles. The smallest absolute Gasteiger partial charge is 0.271 e. The van der Waals surface area contributed by atoms with Gasteiger partial charge in [0.2, 0.25) is 0 Å². The number of fused-ring (bicyclic) bond motifs is 1. The molecule has 30 heavy (non-hydrogen) atoms. The van der Waals surface area contributed by atoms with Crippen molar-refractivity contribution >= 4 is 33.8 Å². The lowest BCUT2D eigenvalue weighted by Gasteiger charge is -2.06. The normalized spacial score (nSPS) is 10.7. The van der Waals surface area contributed by atoms with Gasteiger partial charge < -0.3 is 10.6 Å². The first-order valence-electron chi connectivity index (χ1n) is 9.22. The number of anilines is 1. The van der Waals surface area contributed by atoms with Crippen LogP contribution in [0.25, 0.3) is 4.96 Å². The highest BCUT2D eigenvalue weighted by Crippen LogP contribution is 2.19. The minimum atomic E-state index is -0.551. The molecule has 2 N–H and O–H groups in total. The molecule has 2 aromatic heterocycles. The molecule has 2 heterocycles. The molecule has 0 spiro atoms. The van der Waals surface area contributed by atoms with Gasteiger partial charge in [-0.3, -0.25) is 18.8 Å². The van der Waals surface area contributed by atoms with E-state index in [2.05, 4.69) is 15.6 Å². The van der Waals surface area contributed by atoms with Crippen molar-refractivity contribution in [3.63, 3.8) is 0 Å². The summed E-state index contributed by atoms with van der Waals surface area (Å²) in [4.78, 5) is 42.8. The van der Waals surface area contributed by atoms with Gasteiger partial charge in [0.15, 0.2) is 4.96 Å². The molecule has 0 saturated heterocycles. The summed E-state index contributed by atoms with van der Waals surface area (Å²) in [6, 6.07) is 16.3. The van der Waals surface area contributed by atoms with E-state index in [1.54, 1.807) is 37.5 Å². The summed E-state index contributed by atoms with van der Waals surface area (Å²) in [5, 5.41) is 5.21. The maximum absolute atomic E-state index is 12.8. The Labute approximate surface area is 176 Å². The molecule has 4 rings (SSSR count). The molecule has 0 aliphatic rings. The Morgan fingerprint density at radius 3 is 2.47 bits per heavy atom. The zero-order valence-corrected chi connectivity index (χ0v) is 16.9. The summed E-state index contributed by atoms with van der Waals surface area (Å²) in [5.74, 6) is -0.769. The number of hydrogen-bond donors (Lipinski definition) is 2. The lowest BCUT2D eigenvalue weighted by atomic mass is 10.1. The lowest BCUT2D eigenvalue weighted by molar-refractivity contribution is 0.0962. The van der Waals surface area contributed by atoms with Crippen LogP contribution in [0.2, 0.25) is 0 Å². The van der Waals surface area contributed by atoms with Crippen molar-refractivity contribution < 1.29 is 9.59 Å². The van der Waals surface area contributed by atoms with Crippen molar-refractivity contribution in [1.82, 2.24) is 14.7 Å².